The van der Waals surface area contributed by atoms with Crippen LogP contribution in [0.2, 0.25) is 0 Å². The van der Waals surface area contributed by atoms with Crippen molar-refractivity contribution in [2.24, 2.45) is 0 Å². The number of aryl methyl sites for hydroxylation is 2. The van der Waals surface area contributed by atoms with Crippen LogP contribution in [0.15, 0.2) is 34.0 Å². The van der Waals surface area contributed by atoms with Gasteiger partial charge in [0.15, 0.2) is 11.0 Å². The average Bonchev–Trinajstić information content (AvgIpc) is 3.08. The molecule has 1 unspecified atom stereocenters. The number of nitrogens with zero attached hydrogens (tertiary/aromatic N) is 2. The molecule has 0 aliphatic heterocycles. The van der Waals surface area contributed by atoms with Crippen LogP contribution in [0.25, 0.3) is 10.9 Å². The molecule has 2 heterocycles. The molecule has 0 aliphatic carbocycles. The second-order valence-electron chi connectivity index (χ2n) is 4.65. The highest BCUT2D eigenvalue weighted by Gasteiger charge is 2.14. The van der Waals surface area contributed by atoms with Crippen molar-refractivity contribution in [2.45, 2.75) is 18.9 Å². The van der Waals surface area contributed by atoms with E-state index in [1.165, 1.54) is 0 Å². The molecule has 0 saturated heterocycles. The summed E-state index contributed by atoms with van der Waals surface area (Å²) in [4.78, 5) is 3.04. The van der Waals surface area contributed by atoms with Gasteiger partial charge in [0.25, 0.3) is 0 Å². The highest BCUT2D eigenvalue weighted by Crippen LogP contribution is 2.29. The molecule has 0 fully saturated rings. The van der Waals surface area contributed by atoms with E-state index >= 15 is 0 Å². The number of fused-ring (bicyclic) bond motifs is 1. The van der Waals surface area contributed by atoms with E-state index in [4.69, 9.17) is 9.78 Å². The number of aromatic amines is 1. The number of nitriles is 1. The third-order valence-corrected chi connectivity index (χ3v) is 4.12. The molecule has 0 amide bonds. The number of rotatable bonds is 3. The Morgan fingerprint density at radius 1 is 1.43 bits per heavy atom. The SMILES string of the molecule is Cc1cc(S(=O)Nc2ccc(C)c3c(C#N)c[nH]c23)on1. The Bertz CT molecular complexity index is 888. The minimum atomic E-state index is -1.55. The molecule has 3 rings (SSSR count). The minimum absolute atomic E-state index is 0.258. The first-order valence-corrected chi connectivity index (χ1v) is 7.37. The van der Waals surface area contributed by atoms with Crippen LogP contribution < -0.4 is 4.72 Å². The minimum Gasteiger partial charge on any atom is -0.358 e. The van der Waals surface area contributed by atoms with Crippen molar-refractivity contribution < 1.29 is 8.73 Å². The number of hydrogen-bond donors (Lipinski definition) is 2. The van der Waals surface area contributed by atoms with Gasteiger partial charge in [0, 0.05) is 17.6 Å². The molecule has 21 heavy (non-hydrogen) atoms. The average molecular weight is 300 g/mol. The van der Waals surface area contributed by atoms with Gasteiger partial charge < -0.3 is 9.51 Å². The van der Waals surface area contributed by atoms with Gasteiger partial charge in [0.1, 0.15) is 6.07 Å². The summed E-state index contributed by atoms with van der Waals surface area (Å²) in [5.41, 5.74) is 3.60. The van der Waals surface area contributed by atoms with E-state index in [1.807, 2.05) is 19.1 Å². The maximum Gasteiger partial charge on any atom is 0.243 e. The van der Waals surface area contributed by atoms with Crippen molar-refractivity contribution in [1.82, 2.24) is 10.1 Å². The van der Waals surface area contributed by atoms with Crippen LogP contribution >= 0.6 is 0 Å². The predicted octanol–water partition coefficient (Wildman–Crippen LogP) is 2.78. The van der Waals surface area contributed by atoms with Gasteiger partial charge in [-0.2, -0.15) is 5.26 Å². The van der Waals surface area contributed by atoms with E-state index in [-0.39, 0.29) is 5.09 Å². The van der Waals surface area contributed by atoms with Crippen molar-refractivity contribution in [1.29, 1.82) is 5.26 Å². The van der Waals surface area contributed by atoms with Crippen LogP contribution in [0.4, 0.5) is 5.69 Å². The van der Waals surface area contributed by atoms with Gasteiger partial charge in [-0.05, 0) is 25.5 Å². The lowest BCUT2D eigenvalue weighted by Crippen LogP contribution is -2.04. The normalized spacial score (nSPS) is 12.2. The molecular weight excluding hydrogens is 288 g/mol. The van der Waals surface area contributed by atoms with Crippen LogP contribution in [0.1, 0.15) is 16.8 Å². The Kier molecular flexibility index (Phi) is 3.23. The molecule has 1 aromatic carbocycles. The fraction of sp³-hybridized carbons (Fsp3) is 0.143. The molecule has 6 nitrogen and oxygen atoms in total. The van der Waals surface area contributed by atoms with Crippen LogP contribution in [0.5, 0.6) is 0 Å². The molecule has 2 aromatic heterocycles. The first kappa shape index (κ1) is 13.4. The van der Waals surface area contributed by atoms with E-state index in [0.717, 1.165) is 16.5 Å². The lowest BCUT2D eigenvalue weighted by atomic mass is 10.1. The first-order chi connectivity index (χ1) is 10.1. The third kappa shape index (κ3) is 2.30. The van der Waals surface area contributed by atoms with Crippen molar-refractivity contribution in [3.05, 3.63) is 41.2 Å². The highest BCUT2D eigenvalue weighted by molar-refractivity contribution is 7.86. The summed E-state index contributed by atoms with van der Waals surface area (Å²) in [6, 6.07) is 7.45. The van der Waals surface area contributed by atoms with Gasteiger partial charge in [0.2, 0.25) is 5.09 Å². The summed E-state index contributed by atoms with van der Waals surface area (Å²) >= 11 is 0. The lowest BCUT2D eigenvalue weighted by Gasteiger charge is -2.06. The lowest BCUT2D eigenvalue weighted by molar-refractivity contribution is 0.342. The molecule has 106 valence electrons. The van der Waals surface area contributed by atoms with Gasteiger partial charge in [-0.3, -0.25) is 4.72 Å². The number of benzene rings is 1. The highest BCUT2D eigenvalue weighted by atomic mass is 32.2. The Hall–Kier alpha value is -2.59. The summed E-state index contributed by atoms with van der Waals surface area (Å²) in [5, 5.41) is 13.9. The van der Waals surface area contributed by atoms with Crippen LogP contribution in [-0.2, 0) is 11.0 Å². The summed E-state index contributed by atoms with van der Waals surface area (Å²) in [5.74, 6) is 0. The summed E-state index contributed by atoms with van der Waals surface area (Å²) < 4.78 is 20.1. The van der Waals surface area contributed by atoms with Crippen molar-refractivity contribution >= 4 is 27.6 Å². The summed E-state index contributed by atoms with van der Waals surface area (Å²) in [7, 11) is -1.55. The van der Waals surface area contributed by atoms with E-state index in [0.29, 0.717) is 16.9 Å². The summed E-state index contributed by atoms with van der Waals surface area (Å²) in [6.07, 6.45) is 1.64. The zero-order chi connectivity index (χ0) is 15.0. The number of H-pyrrole nitrogens is 1. The van der Waals surface area contributed by atoms with Crippen molar-refractivity contribution in [3.63, 3.8) is 0 Å². The van der Waals surface area contributed by atoms with Gasteiger partial charge >= 0.3 is 0 Å². The zero-order valence-corrected chi connectivity index (χ0v) is 12.2. The molecular formula is C14H12N4O2S. The maximum absolute atomic E-state index is 12.2. The third-order valence-electron chi connectivity index (χ3n) is 3.16. The Morgan fingerprint density at radius 3 is 2.90 bits per heavy atom. The smallest absolute Gasteiger partial charge is 0.243 e. The second-order valence-corrected chi connectivity index (χ2v) is 5.80. The van der Waals surface area contributed by atoms with Crippen LogP contribution in [0, 0.1) is 25.2 Å². The first-order valence-electron chi connectivity index (χ1n) is 6.22. The molecule has 0 bridgehead atoms. The van der Waals surface area contributed by atoms with Gasteiger partial charge in [-0.1, -0.05) is 11.2 Å². The second kappa shape index (κ2) is 5.07. The standard InChI is InChI=1S/C14H12N4O2S/c1-8-3-4-11(14-13(8)10(6-15)7-16-14)18-21(19)12-5-9(2)17-20-12/h3-5,7,16,18H,1-2H3. The van der Waals surface area contributed by atoms with Gasteiger partial charge in [-0.25, -0.2) is 4.21 Å². The monoisotopic (exact) mass is 300 g/mol. The topological polar surface area (TPSA) is 94.7 Å². The molecule has 0 saturated carbocycles. The Labute approximate surface area is 123 Å². The number of anilines is 1. The zero-order valence-electron chi connectivity index (χ0n) is 11.4. The fourth-order valence-electron chi connectivity index (χ4n) is 2.17. The van der Waals surface area contributed by atoms with E-state index < -0.39 is 11.0 Å². The van der Waals surface area contributed by atoms with Gasteiger partial charge in [0.05, 0.1) is 22.5 Å². The van der Waals surface area contributed by atoms with Crippen molar-refractivity contribution in [3.8, 4) is 6.07 Å². The van der Waals surface area contributed by atoms with Gasteiger partial charge in [-0.15, -0.1) is 0 Å². The maximum atomic E-state index is 12.2. The van der Waals surface area contributed by atoms with Crippen LogP contribution in [-0.4, -0.2) is 14.3 Å². The quantitative estimate of drug-likeness (QED) is 0.777. The fourth-order valence-corrected chi connectivity index (χ4v) is 3.02. The molecule has 0 aliphatic rings. The van der Waals surface area contributed by atoms with E-state index in [1.54, 1.807) is 19.2 Å². The van der Waals surface area contributed by atoms with Crippen molar-refractivity contribution in [2.75, 3.05) is 4.72 Å². The summed E-state index contributed by atoms with van der Waals surface area (Å²) in [6.45, 7) is 3.69. The Balaban J connectivity index is 2.02. The molecule has 1 atom stereocenters. The molecule has 2 N–H and O–H groups in total. The van der Waals surface area contributed by atoms with Crippen LogP contribution in [0.3, 0.4) is 0 Å². The number of aromatic nitrogens is 2. The number of hydrogen-bond acceptors (Lipinski definition) is 4. The number of nitrogens with one attached hydrogen (secondary N) is 2. The molecule has 7 heteroatoms. The largest absolute Gasteiger partial charge is 0.358 e. The predicted molar refractivity (Wildman–Crippen MR) is 79.0 cm³/mol. The molecule has 0 radical (unpaired) electrons. The molecule has 0 spiro atoms. The Morgan fingerprint density at radius 2 is 2.24 bits per heavy atom. The molecule has 3 aromatic rings. The van der Waals surface area contributed by atoms with E-state index in [2.05, 4.69) is 20.9 Å². The van der Waals surface area contributed by atoms with E-state index in [9.17, 15) is 4.21 Å².